The number of halogens is 3. The summed E-state index contributed by atoms with van der Waals surface area (Å²) < 4.78 is 0. The Morgan fingerprint density at radius 1 is 1.30 bits per heavy atom. The van der Waals surface area contributed by atoms with Gasteiger partial charge in [-0.3, -0.25) is 4.79 Å². The van der Waals surface area contributed by atoms with Gasteiger partial charge >= 0.3 is 0 Å². The van der Waals surface area contributed by atoms with E-state index in [2.05, 4.69) is 4.98 Å². The lowest BCUT2D eigenvalue weighted by Crippen LogP contribution is -2.34. The molecule has 0 aliphatic carbocycles. The van der Waals surface area contributed by atoms with Gasteiger partial charge in [-0.2, -0.15) is 0 Å². The summed E-state index contributed by atoms with van der Waals surface area (Å²) in [5, 5.41) is 10.5. The molecule has 1 saturated heterocycles. The van der Waals surface area contributed by atoms with Gasteiger partial charge in [0.05, 0.1) is 20.7 Å². The molecule has 0 bridgehead atoms. The van der Waals surface area contributed by atoms with Crippen molar-refractivity contribution in [1.29, 1.82) is 0 Å². The molecule has 7 heteroatoms. The van der Waals surface area contributed by atoms with Crippen LogP contribution in [-0.4, -0.2) is 39.6 Å². The van der Waals surface area contributed by atoms with E-state index in [0.29, 0.717) is 25.9 Å². The number of pyridine rings is 1. The van der Waals surface area contributed by atoms with Crippen molar-refractivity contribution >= 4 is 40.7 Å². The number of nitrogens with zero attached hydrogens (tertiary/aromatic N) is 2. The van der Waals surface area contributed by atoms with E-state index in [4.69, 9.17) is 34.8 Å². The van der Waals surface area contributed by atoms with E-state index in [-0.39, 0.29) is 26.7 Å². The summed E-state index contributed by atoms with van der Waals surface area (Å²) in [6.45, 7) is 2.81. The molecule has 1 aromatic rings. The lowest BCUT2D eigenvalue weighted by atomic mass is 9.98. The van der Waals surface area contributed by atoms with E-state index in [1.165, 1.54) is 6.20 Å². The molecule has 1 aromatic heterocycles. The summed E-state index contributed by atoms with van der Waals surface area (Å²) in [6, 6.07) is 0. The molecular weight excluding hydrogens is 323 g/mol. The predicted octanol–water partition coefficient (Wildman–Crippen LogP) is 3.42. The Bertz CT molecular complexity index is 535. The van der Waals surface area contributed by atoms with E-state index >= 15 is 0 Å². The molecule has 1 fully saturated rings. The number of aliphatic hydroxyl groups is 1. The molecule has 0 radical (unpaired) electrons. The van der Waals surface area contributed by atoms with Crippen molar-refractivity contribution in [3.63, 3.8) is 0 Å². The first-order valence-corrected chi connectivity index (χ1v) is 7.46. The Balaban J connectivity index is 2.22. The van der Waals surface area contributed by atoms with Crippen molar-refractivity contribution in [3.8, 4) is 0 Å². The van der Waals surface area contributed by atoms with Gasteiger partial charge in [-0.1, -0.05) is 34.8 Å². The SMILES string of the molecule is CC1(O)CCCN(C(=O)c2ncc(Cl)c(Cl)c2Cl)CC1. The maximum atomic E-state index is 12.4. The van der Waals surface area contributed by atoms with Gasteiger partial charge < -0.3 is 10.0 Å². The third-order valence-electron chi connectivity index (χ3n) is 3.47. The van der Waals surface area contributed by atoms with Gasteiger partial charge in [-0.15, -0.1) is 0 Å². The van der Waals surface area contributed by atoms with Crippen LogP contribution in [0.5, 0.6) is 0 Å². The molecule has 1 atom stereocenters. The highest BCUT2D eigenvalue weighted by Gasteiger charge is 2.29. The zero-order chi connectivity index (χ0) is 14.9. The van der Waals surface area contributed by atoms with E-state index in [0.717, 1.165) is 6.42 Å². The molecule has 1 amide bonds. The van der Waals surface area contributed by atoms with Crippen LogP contribution in [0.2, 0.25) is 15.1 Å². The fraction of sp³-hybridized carbons (Fsp3) is 0.538. The third-order valence-corrected chi connectivity index (χ3v) is 4.71. The molecular formula is C13H15Cl3N2O2. The topological polar surface area (TPSA) is 53.4 Å². The maximum absolute atomic E-state index is 12.4. The van der Waals surface area contributed by atoms with Gasteiger partial charge in [0.25, 0.3) is 5.91 Å². The quantitative estimate of drug-likeness (QED) is 0.854. The lowest BCUT2D eigenvalue weighted by molar-refractivity contribution is 0.0437. The first-order valence-electron chi connectivity index (χ1n) is 6.33. The smallest absolute Gasteiger partial charge is 0.274 e. The third kappa shape index (κ3) is 3.37. The minimum atomic E-state index is -0.732. The summed E-state index contributed by atoms with van der Waals surface area (Å²) in [7, 11) is 0. The van der Waals surface area contributed by atoms with E-state index in [1.807, 2.05) is 0 Å². The van der Waals surface area contributed by atoms with Crippen LogP contribution in [0.3, 0.4) is 0 Å². The molecule has 0 saturated carbocycles. The Labute approximate surface area is 132 Å². The van der Waals surface area contributed by atoms with Crippen LogP contribution in [0, 0.1) is 0 Å². The number of carbonyl (C=O) groups is 1. The predicted molar refractivity (Wildman–Crippen MR) is 79.6 cm³/mol. The number of aromatic nitrogens is 1. The van der Waals surface area contributed by atoms with Gasteiger partial charge in [-0.25, -0.2) is 4.98 Å². The molecule has 110 valence electrons. The highest BCUT2D eigenvalue weighted by atomic mass is 35.5. The number of amides is 1. The maximum Gasteiger partial charge on any atom is 0.274 e. The van der Waals surface area contributed by atoms with Crippen molar-refractivity contribution in [1.82, 2.24) is 9.88 Å². The summed E-state index contributed by atoms with van der Waals surface area (Å²) >= 11 is 17.8. The van der Waals surface area contributed by atoms with Crippen molar-refractivity contribution in [2.75, 3.05) is 13.1 Å². The first-order chi connectivity index (χ1) is 9.32. The van der Waals surface area contributed by atoms with Gasteiger partial charge in [0, 0.05) is 19.3 Å². The van der Waals surface area contributed by atoms with E-state index in [9.17, 15) is 9.90 Å². The molecule has 1 aliphatic rings. The highest BCUT2D eigenvalue weighted by molar-refractivity contribution is 6.48. The van der Waals surface area contributed by atoms with Crippen molar-refractivity contribution in [3.05, 3.63) is 27.0 Å². The zero-order valence-corrected chi connectivity index (χ0v) is 13.3. The average Bonchev–Trinajstić information content (AvgIpc) is 2.56. The van der Waals surface area contributed by atoms with Crippen molar-refractivity contribution < 1.29 is 9.90 Å². The number of hydrogen-bond donors (Lipinski definition) is 1. The Morgan fingerprint density at radius 3 is 2.70 bits per heavy atom. The van der Waals surface area contributed by atoms with Gasteiger partial charge in [0.1, 0.15) is 5.69 Å². The van der Waals surface area contributed by atoms with Crippen molar-refractivity contribution in [2.24, 2.45) is 0 Å². The van der Waals surface area contributed by atoms with Crippen LogP contribution < -0.4 is 0 Å². The second kappa shape index (κ2) is 6.06. The molecule has 20 heavy (non-hydrogen) atoms. The highest BCUT2D eigenvalue weighted by Crippen LogP contribution is 2.32. The molecule has 0 spiro atoms. The standard InChI is InChI=1S/C13H15Cl3N2O2/c1-13(20)3-2-5-18(6-4-13)12(19)11-10(16)9(15)8(14)7-17-11/h7,20H,2-6H2,1H3. The second-order valence-electron chi connectivity index (χ2n) is 5.23. The monoisotopic (exact) mass is 336 g/mol. The van der Waals surface area contributed by atoms with Crippen molar-refractivity contribution in [2.45, 2.75) is 31.8 Å². The van der Waals surface area contributed by atoms with E-state index in [1.54, 1.807) is 11.8 Å². The Kier molecular flexibility index (Phi) is 4.80. The number of likely N-dealkylation sites (tertiary alicyclic amines) is 1. The molecule has 1 unspecified atom stereocenters. The Morgan fingerprint density at radius 2 is 2.00 bits per heavy atom. The summed E-state index contributed by atoms with van der Waals surface area (Å²) in [4.78, 5) is 18.1. The van der Waals surface area contributed by atoms with E-state index < -0.39 is 5.60 Å². The number of rotatable bonds is 1. The average molecular weight is 338 g/mol. The first kappa shape index (κ1) is 15.8. The van der Waals surface area contributed by atoms with Gasteiger partial charge in [0.15, 0.2) is 0 Å². The van der Waals surface area contributed by atoms with Gasteiger partial charge in [0.2, 0.25) is 0 Å². The van der Waals surface area contributed by atoms with Crippen LogP contribution in [-0.2, 0) is 0 Å². The van der Waals surface area contributed by atoms with Crippen LogP contribution >= 0.6 is 34.8 Å². The molecule has 4 nitrogen and oxygen atoms in total. The van der Waals surface area contributed by atoms with Gasteiger partial charge in [-0.05, 0) is 26.2 Å². The summed E-state index contributed by atoms with van der Waals surface area (Å²) in [6.07, 6.45) is 3.24. The molecule has 2 heterocycles. The number of carbonyl (C=O) groups excluding carboxylic acids is 1. The minimum absolute atomic E-state index is 0.0696. The fourth-order valence-electron chi connectivity index (χ4n) is 2.21. The van der Waals surface area contributed by atoms with Crippen LogP contribution in [0.15, 0.2) is 6.20 Å². The minimum Gasteiger partial charge on any atom is -0.390 e. The molecule has 2 rings (SSSR count). The largest absolute Gasteiger partial charge is 0.390 e. The molecule has 0 aromatic carbocycles. The van der Waals surface area contributed by atoms with Crippen LogP contribution in [0.25, 0.3) is 0 Å². The second-order valence-corrected chi connectivity index (χ2v) is 6.39. The van der Waals surface area contributed by atoms with Crippen LogP contribution in [0.1, 0.15) is 36.7 Å². The fourth-order valence-corrected chi connectivity index (χ4v) is 2.77. The molecule has 1 aliphatic heterocycles. The number of hydrogen-bond acceptors (Lipinski definition) is 3. The zero-order valence-electron chi connectivity index (χ0n) is 11.0. The normalized spacial score (nSPS) is 23.6. The molecule has 1 N–H and O–H groups in total. The Hall–Kier alpha value is -0.550. The summed E-state index contributed by atoms with van der Waals surface area (Å²) in [5.41, 5.74) is -0.633. The summed E-state index contributed by atoms with van der Waals surface area (Å²) in [5.74, 6) is -0.286. The van der Waals surface area contributed by atoms with Crippen LogP contribution in [0.4, 0.5) is 0 Å². The lowest BCUT2D eigenvalue weighted by Gasteiger charge is -2.22.